The van der Waals surface area contributed by atoms with E-state index in [1.165, 1.54) is 62.8 Å². The molecular formula is C94H92Br2F7N17O18. The SMILES string of the molecule is COc1cc2c(cc1N1CCOCC1=O)nc(NC(=O)c1cccc(C#N)c1)n2CC1(CO)CC1.COc1cc2c(cc1N1CCOCC1=O)nc(NC(=O)c1cccc(C(F)F)c1)n2CC1(CO)CC1.O=C(Nc1nc2cc(N3CCOCC3=O)c(Br)cc2n1CCCO)c1cccc(C(F)(F)F)c1.O=C(Nc1nc2cc(N3CCOCC3=O)c(Br)cc2n1CCCO)c1cccc(C(F)F)c1. The van der Waals surface area contributed by atoms with Crippen molar-refractivity contribution in [2.45, 2.75) is 83.7 Å². The highest BCUT2D eigenvalue weighted by Crippen LogP contribution is 2.50. The van der Waals surface area contributed by atoms with Crippen molar-refractivity contribution in [3.8, 4) is 17.6 Å². The molecule has 8 aromatic carbocycles. The van der Waals surface area contributed by atoms with Gasteiger partial charge in [0.15, 0.2) is 0 Å². The number of carbonyl (C=O) groups is 8. The van der Waals surface area contributed by atoms with Crippen LogP contribution in [0.5, 0.6) is 11.5 Å². The summed E-state index contributed by atoms with van der Waals surface area (Å²) in [7, 11) is 3.04. The number of benzene rings is 8. The summed E-state index contributed by atoms with van der Waals surface area (Å²) in [5, 5.41) is 58.5. The Hall–Kier alpha value is -13.4. The smallest absolute Gasteiger partial charge is 0.416 e. The van der Waals surface area contributed by atoms with Gasteiger partial charge in [-0.05, 0) is 167 Å². The number of ether oxygens (including phenoxy) is 6. The molecule has 2 aliphatic carbocycles. The zero-order valence-corrected chi connectivity index (χ0v) is 77.3. The number of anilines is 8. The lowest BCUT2D eigenvalue weighted by molar-refractivity contribution is -0.137. The van der Waals surface area contributed by atoms with Crippen LogP contribution in [0.2, 0.25) is 0 Å². The maximum Gasteiger partial charge on any atom is 0.416 e. The van der Waals surface area contributed by atoms with Crippen LogP contribution in [0.1, 0.15) is 115 Å². The number of alkyl halides is 7. The third kappa shape index (κ3) is 22.4. The molecule has 0 unspecified atom stereocenters. The number of rotatable bonds is 28. The van der Waals surface area contributed by atoms with Crippen LogP contribution in [-0.2, 0) is 70.5 Å². The number of nitrogens with zero attached hydrogens (tertiary/aromatic N) is 13. The topological polar surface area (TPSA) is 429 Å². The number of carbonyl (C=O) groups excluding carboxylic acids is 8. The fourth-order valence-corrected chi connectivity index (χ4v) is 17.2. The number of aliphatic hydroxyl groups is 4. The third-order valence-corrected chi connectivity index (χ3v) is 25.2. The summed E-state index contributed by atoms with van der Waals surface area (Å²) in [4.78, 5) is 126. The lowest BCUT2D eigenvalue weighted by atomic mass is 10.1. The number of fused-ring (bicyclic) bond motifs is 4. The van der Waals surface area contributed by atoms with Crippen LogP contribution in [0, 0.1) is 22.2 Å². The van der Waals surface area contributed by atoms with Gasteiger partial charge in [-0.1, -0.05) is 36.4 Å². The molecule has 12 aromatic rings. The van der Waals surface area contributed by atoms with Crippen LogP contribution in [0.4, 0.5) is 77.3 Å². The van der Waals surface area contributed by atoms with Gasteiger partial charge in [0.2, 0.25) is 23.8 Å². The molecule has 8 heterocycles. The van der Waals surface area contributed by atoms with E-state index >= 15 is 0 Å². The van der Waals surface area contributed by atoms with Gasteiger partial charge < -0.3 is 86.7 Å². The van der Waals surface area contributed by atoms with Crippen molar-refractivity contribution in [1.82, 2.24) is 38.2 Å². The second kappa shape index (κ2) is 43.1. The molecule has 6 fully saturated rings. The summed E-state index contributed by atoms with van der Waals surface area (Å²) in [5.41, 5.74) is 5.75. The molecule has 0 bridgehead atoms. The Balaban J connectivity index is 0.000000140. The minimum atomic E-state index is -4.58. The molecule has 0 atom stereocenters. The van der Waals surface area contributed by atoms with E-state index in [2.05, 4.69) is 73.1 Å². The number of aromatic nitrogens is 8. The van der Waals surface area contributed by atoms with Gasteiger partial charge in [-0.2, -0.15) is 18.4 Å². The first-order chi connectivity index (χ1) is 66.4. The van der Waals surface area contributed by atoms with E-state index < -0.39 is 48.2 Å². The molecule has 4 aromatic heterocycles. The zero-order valence-electron chi connectivity index (χ0n) is 74.1. The van der Waals surface area contributed by atoms with Crippen LogP contribution in [0.25, 0.3) is 44.1 Å². The molecule has 0 radical (unpaired) electrons. The van der Waals surface area contributed by atoms with E-state index in [-0.39, 0.29) is 133 Å². The van der Waals surface area contributed by atoms with Gasteiger partial charge in [-0.15, -0.1) is 0 Å². The zero-order chi connectivity index (χ0) is 98.0. The number of halogens is 9. The summed E-state index contributed by atoms with van der Waals surface area (Å²) >= 11 is 7.00. The van der Waals surface area contributed by atoms with Crippen molar-refractivity contribution in [1.29, 1.82) is 5.26 Å². The Labute approximate surface area is 798 Å². The Morgan fingerprint density at radius 2 is 0.768 bits per heavy atom. The molecule has 4 aliphatic heterocycles. The fourth-order valence-electron chi connectivity index (χ4n) is 16.1. The largest absolute Gasteiger partial charge is 0.494 e. The van der Waals surface area contributed by atoms with E-state index in [9.17, 15) is 89.5 Å². The molecule has 6 aliphatic rings. The monoisotopic (exact) mass is 2040 g/mol. The first-order valence-corrected chi connectivity index (χ1v) is 45.2. The number of aryl methyl sites for hydroxylation is 2. The standard InChI is InChI=1S/C25H26F2N4O5.C25H25N5O5.C22H20BrF3N4O4.C22H21BrF2N4O4/c1-35-20-11-18-17(10-19(20)30-7-8-36-12-21(30)33)28-24(31(18)13-25(14-32)5-6-25)29-23(34)16-4-2-3-15(9-16)22(26)27;1-34-21-11-19-18(10-20(21)29-7-8-35-13-22(29)32)27-24(30(19)14-25(15-31)5-6-25)28-23(33)17-4-2-3-16(9-17)12-26;23-15-10-18-16(11-17(15)29-6-8-34-12-19(29)32)27-21(30(18)5-2-7-31)28-20(33)13-3-1-4-14(9-13)22(24,25)26;23-15-10-18-16(11-17(15)28-6-8-33-12-19(28)31)26-22(29(18)5-2-7-30)27-21(32)14-4-1-3-13(9-14)20(24)25/h2-4,9-11,22,32H,5-8,12-14H2,1H3,(H,28,29,34);2-4,9-11,31H,5-8,13-15H2,1H3,(H,27,28,33);1,3-4,9-11,31H,2,5-8,12H2,(H,27,28,33);1,3-4,9-11,20,30H,2,5-8,12H2,(H,26,27,32). The maximum absolute atomic E-state index is 13.1. The number of morpholine rings is 4. The molecule has 724 valence electrons. The van der Waals surface area contributed by atoms with Gasteiger partial charge >= 0.3 is 6.18 Å². The van der Waals surface area contributed by atoms with E-state index in [1.54, 1.807) is 100 Å². The van der Waals surface area contributed by atoms with Crippen molar-refractivity contribution < 1.29 is 118 Å². The first-order valence-electron chi connectivity index (χ1n) is 43.6. The molecular weight excluding hydrogens is 1950 g/mol. The quantitative estimate of drug-likeness (QED) is 0.0211. The molecule has 44 heteroatoms. The second-order valence-corrected chi connectivity index (χ2v) is 34.8. The molecule has 8 amide bonds. The van der Waals surface area contributed by atoms with Gasteiger partial charge in [0.05, 0.1) is 138 Å². The number of hydrogen-bond acceptors (Lipinski definition) is 23. The van der Waals surface area contributed by atoms with Crippen LogP contribution in [0.15, 0.2) is 155 Å². The highest BCUT2D eigenvalue weighted by molar-refractivity contribution is 9.11. The maximum atomic E-state index is 13.1. The summed E-state index contributed by atoms with van der Waals surface area (Å²) < 4.78 is 132. The molecule has 18 rings (SSSR count). The molecule has 35 nitrogen and oxygen atoms in total. The number of amides is 8. The van der Waals surface area contributed by atoms with Gasteiger partial charge in [-0.25, -0.2) is 37.5 Å². The number of aliphatic hydroxyl groups excluding tert-OH is 4. The van der Waals surface area contributed by atoms with Crippen molar-refractivity contribution in [3.05, 3.63) is 199 Å². The summed E-state index contributed by atoms with van der Waals surface area (Å²) in [6.45, 7) is 4.42. The van der Waals surface area contributed by atoms with Crippen LogP contribution in [0.3, 0.4) is 0 Å². The van der Waals surface area contributed by atoms with Gasteiger partial charge in [0.25, 0.3) is 60.1 Å². The molecule has 8 N–H and O–H groups in total. The van der Waals surface area contributed by atoms with Crippen LogP contribution < -0.4 is 50.3 Å². The van der Waals surface area contributed by atoms with E-state index in [4.69, 9.17) is 33.7 Å². The average Bonchev–Trinajstić information content (AvgIpc) is 1.85. The Morgan fingerprint density at radius 3 is 1.09 bits per heavy atom. The number of methoxy groups -OCH3 is 2. The number of hydrogen-bond donors (Lipinski definition) is 8. The van der Waals surface area contributed by atoms with Crippen molar-refractivity contribution in [2.24, 2.45) is 10.8 Å². The van der Waals surface area contributed by atoms with Gasteiger partial charge in [0, 0.05) is 131 Å². The molecule has 0 spiro atoms. The normalized spacial score (nSPS) is 15.7. The van der Waals surface area contributed by atoms with Crippen molar-refractivity contribution in [2.75, 3.05) is 161 Å². The van der Waals surface area contributed by atoms with Crippen LogP contribution in [-0.4, -0.2) is 226 Å². The minimum absolute atomic E-state index is 0.00226. The summed E-state index contributed by atoms with van der Waals surface area (Å²) in [6.07, 6.45) is -5.80. The number of nitriles is 1. The lowest BCUT2D eigenvalue weighted by Gasteiger charge is -2.28. The summed E-state index contributed by atoms with van der Waals surface area (Å²) in [6, 6.07) is 37.1. The Morgan fingerprint density at radius 1 is 0.449 bits per heavy atom. The molecule has 4 saturated heterocycles. The Kier molecular flexibility index (Phi) is 31.0. The Bertz CT molecular complexity index is 6700. The molecule has 138 heavy (non-hydrogen) atoms. The predicted octanol–water partition coefficient (Wildman–Crippen LogP) is 13.2. The average molecular weight is 2040 g/mol. The highest BCUT2D eigenvalue weighted by atomic mass is 79.9. The predicted molar refractivity (Wildman–Crippen MR) is 498 cm³/mol. The molecule has 2 saturated carbocycles. The van der Waals surface area contributed by atoms with Gasteiger partial charge in [0.1, 0.15) is 37.9 Å². The van der Waals surface area contributed by atoms with Crippen LogP contribution >= 0.6 is 31.9 Å². The summed E-state index contributed by atoms with van der Waals surface area (Å²) in [5.74, 6) is -1.26. The number of imidazole rings is 4. The first kappa shape index (κ1) is 99.1. The van der Waals surface area contributed by atoms with Crippen molar-refractivity contribution in [3.63, 3.8) is 0 Å². The number of nitrogens with one attached hydrogen (secondary N) is 4. The fraction of sp³-hybridized carbons (Fsp3) is 0.351. The third-order valence-electron chi connectivity index (χ3n) is 23.9. The minimum Gasteiger partial charge on any atom is -0.494 e. The second-order valence-electron chi connectivity index (χ2n) is 33.1. The van der Waals surface area contributed by atoms with E-state index in [1.807, 2.05) is 10.6 Å². The van der Waals surface area contributed by atoms with E-state index in [0.29, 0.717) is 196 Å². The van der Waals surface area contributed by atoms with Gasteiger partial charge in [-0.3, -0.25) is 59.6 Å². The lowest BCUT2D eigenvalue weighted by Crippen LogP contribution is -2.41. The highest BCUT2D eigenvalue weighted by Gasteiger charge is 2.45. The van der Waals surface area contributed by atoms with Crippen molar-refractivity contribution >= 4 is 170 Å². The van der Waals surface area contributed by atoms with E-state index in [0.717, 1.165) is 56.0 Å².